The number of para-hydroxylation sites is 1. The third-order valence-corrected chi connectivity index (χ3v) is 6.96. The number of rotatable bonds is 7. The second kappa shape index (κ2) is 9.53. The topological polar surface area (TPSA) is 75.4 Å². The SMILES string of the molecule is CCN(CC)c1ccc(NC(=O)CN2C(=O)CCn3nc(-c4cn(C)c5ccccc45)cc32)c(C)c1. The van der Waals surface area contributed by atoms with Gasteiger partial charge in [0.25, 0.3) is 0 Å². The highest BCUT2D eigenvalue weighted by Gasteiger charge is 2.29. The first kappa shape index (κ1) is 23.7. The summed E-state index contributed by atoms with van der Waals surface area (Å²) in [4.78, 5) is 29.7. The minimum Gasteiger partial charge on any atom is -0.372 e. The van der Waals surface area contributed by atoms with E-state index in [2.05, 4.69) is 53.0 Å². The zero-order chi connectivity index (χ0) is 25.4. The summed E-state index contributed by atoms with van der Waals surface area (Å²) < 4.78 is 3.91. The van der Waals surface area contributed by atoms with E-state index >= 15 is 0 Å². The molecule has 0 saturated carbocycles. The first-order valence-corrected chi connectivity index (χ1v) is 12.5. The van der Waals surface area contributed by atoms with Crippen LogP contribution in [0.1, 0.15) is 25.8 Å². The number of fused-ring (bicyclic) bond motifs is 2. The highest BCUT2D eigenvalue weighted by atomic mass is 16.2. The third-order valence-electron chi connectivity index (χ3n) is 6.96. The van der Waals surface area contributed by atoms with Crippen molar-refractivity contribution in [3.8, 4) is 11.3 Å². The van der Waals surface area contributed by atoms with E-state index in [-0.39, 0.29) is 18.4 Å². The molecule has 0 bridgehead atoms. The largest absolute Gasteiger partial charge is 0.372 e. The van der Waals surface area contributed by atoms with Crippen molar-refractivity contribution in [2.45, 2.75) is 33.7 Å². The molecule has 2 aromatic heterocycles. The highest BCUT2D eigenvalue weighted by Crippen LogP contribution is 2.33. The first-order chi connectivity index (χ1) is 17.4. The molecule has 2 amide bonds. The van der Waals surface area contributed by atoms with Crippen molar-refractivity contribution in [3.63, 3.8) is 0 Å². The Morgan fingerprint density at radius 3 is 2.64 bits per heavy atom. The summed E-state index contributed by atoms with van der Waals surface area (Å²) in [6.07, 6.45) is 2.37. The summed E-state index contributed by atoms with van der Waals surface area (Å²) in [5.41, 5.74) is 5.80. The molecule has 8 heteroatoms. The number of anilines is 3. The van der Waals surface area contributed by atoms with Crippen LogP contribution in [0.4, 0.5) is 17.2 Å². The second-order valence-corrected chi connectivity index (χ2v) is 9.23. The van der Waals surface area contributed by atoms with E-state index in [0.29, 0.717) is 18.8 Å². The number of hydrogen-bond acceptors (Lipinski definition) is 4. The first-order valence-electron chi connectivity index (χ1n) is 12.5. The molecule has 36 heavy (non-hydrogen) atoms. The lowest BCUT2D eigenvalue weighted by Crippen LogP contribution is -2.42. The lowest BCUT2D eigenvalue weighted by molar-refractivity contribution is -0.122. The van der Waals surface area contributed by atoms with Gasteiger partial charge in [0.05, 0.1) is 12.2 Å². The summed E-state index contributed by atoms with van der Waals surface area (Å²) in [5.74, 6) is 0.344. The predicted molar refractivity (Wildman–Crippen MR) is 144 cm³/mol. The molecule has 0 saturated heterocycles. The van der Waals surface area contributed by atoms with Gasteiger partial charge >= 0.3 is 0 Å². The Balaban J connectivity index is 1.38. The van der Waals surface area contributed by atoms with Crippen LogP contribution in [0.15, 0.2) is 54.7 Å². The number of aryl methyl sites for hydroxylation is 3. The Morgan fingerprint density at radius 2 is 1.89 bits per heavy atom. The molecule has 0 spiro atoms. The Kier molecular flexibility index (Phi) is 6.26. The molecule has 0 fully saturated rings. The number of carbonyl (C=O) groups is 2. The fourth-order valence-electron chi connectivity index (χ4n) is 5.01. The maximum Gasteiger partial charge on any atom is 0.244 e. The summed E-state index contributed by atoms with van der Waals surface area (Å²) in [7, 11) is 2.01. The average molecular weight is 485 g/mol. The van der Waals surface area contributed by atoms with Crippen LogP contribution in [-0.2, 0) is 23.2 Å². The Labute approximate surface area is 211 Å². The average Bonchev–Trinajstić information content (AvgIpc) is 3.45. The molecule has 186 valence electrons. The van der Waals surface area contributed by atoms with E-state index in [9.17, 15) is 9.59 Å². The lowest BCUT2D eigenvalue weighted by atomic mass is 10.1. The molecule has 1 N–H and O–H groups in total. The minimum atomic E-state index is -0.233. The van der Waals surface area contributed by atoms with E-state index in [1.54, 1.807) is 4.90 Å². The predicted octanol–water partition coefficient (Wildman–Crippen LogP) is 4.57. The van der Waals surface area contributed by atoms with Crippen LogP contribution in [0.2, 0.25) is 0 Å². The summed E-state index contributed by atoms with van der Waals surface area (Å²) >= 11 is 0. The lowest BCUT2D eigenvalue weighted by Gasteiger charge is -2.27. The van der Waals surface area contributed by atoms with E-state index in [0.717, 1.165) is 52.2 Å². The Morgan fingerprint density at radius 1 is 1.11 bits per heavy atom. The normalized spacial score (nSPS) is 13.2. The van der Waals surface area contributed by atoms with Crippen molar-refractivity contribution >= 4 is 39.9 Å². The van der Waals surface area contributed by atoms with Gasteiger partial charge in [-0.1, -0.05) is 18.2 Å². The monoisotopic (exact) mass is 484 g/mol. The molecular formula is C28H32N6O2. The third kappa shape index (κ3) is 4.23. The van der Waals surface area contributed by atoms with Gasteiger partial charge in [0, 0.05) is 66.7 Å². The fourth-order valence-corrected chi connectivity index (χ4v) is 5.01. The zero-order valence-electron chi connectivity index (χ0n) is 21.3. The standard InChI is InChI=1S/C28H32N6O2/c1-5-32(6-2)20-11-12-23(19(3)15-20)29-26(35)18-33-27-16-24(30-34(27)14-13-28(33)36)22-17-31(4)25-10-8-7-9-21(22)25/h7-12,15-17H,5-6,13-14,18H2,1-4H3,(H,29,35). The molecule has 3 heterocycles. The van der Waals surface area contributed by atoms with Crippen LogP contribution in [-0.4, -0.2) is 45.8 Å². The summed E-state index contributed by atoms with van der Waals surface area (Å²) in [5, 5.41) is 8.89. The van der Waals surface area contributed by atoms with Crippen LogP contribution >= 0.6 is 0 Å². The zero-order valence-corrected chi connectivity index (χ0v) is 21.3. The van der Waals surface area contributed by atoms with Gasteiger partial charge in [0.15, 0.2) is 0 Å². The molecule has 1 aliphatic heterocycles. The number of hydrogen-bond donors (Lipinski definition) is 1. The maximum atomic E-state index is 13.0. The van der Waals surface area contributed by atoms with Gasteiger partial charge in [-0.05, 0) is 50.6 Å². The minimum absolute atomic E-state index is 0.0588. The van der Waals surface area contributed by atoms with Crippen molar-refractivity contribution < 1.29 is 9.59 Å². The molecule has 0 radical (unpaired) electrons. The molecule has 1 aliphatic rings. The van der Waals surface area contributed by atoms with Crippen LogP contribution in [0.3, 0.4) is 0 Å². The van der Waals surface area contributed by atoms with Crippen LogP contribution in [0, 0.1) is 6.92 Å². The molecule has 8 nitrogen and oxygen atoms in total. The molecule has 2 aromatic carbocycles. The summed E-state index contributed by atoms with van der Waals surface area (Å²) in [6.45, 7) is 8.53. The van der Waals surface area contributed by atoms with Crippen molar-refractivity contribution in [2.75, 3.05) is 34.8 Å². The van der Waals surface area contributed by atoms with Gasteiger partial charge in [-0.2, -0.15) is 5.10 Å². The Hall–Kier alpha value is -4.07. The smallest absolute Gasteiger partial charge is 0.244 e. The van der Waals surface area contributed by atoms with Crippen LogP contribution < -0.4 is 15.1 Å². The van der Waals surface area contributed by atoms with Gasteiger partial charge in [0.1, 0.15) is 12.4 Å². The number of nitrogens with one attached hydrogen (secondary N) is 1. The molecule has 0 aliphatic carbocycles. The van der Waals surface area contributed by atoms with Crippen molar-refractivity contribution in [1.82, 2.24) is 14.3 Å². The van der Waals surface area contributed by atoms with Gasteiger partial charge < -0.3 is 14.8 Å². The summed E-state index contributed by atoms with van der Waals surface area (Å²) in [6, 6.07) is 16.1. The quantitative estimate of drug-likeness (QED) is 0.417. The second-order valence-electron chi connectivity index (χ2n) is 9.23. The van der Waals surface area contributed by atoms with Gasteiger partial charge in [-0.15, -0.1) is 0 Å². The molecule has 0 unspecified atom stereocenters. The molecule has 0 atom stereocenters. The maximum absolute atomic E-state index is 13.0. The van der Waals surface area contributed by atoms with Gasteiger partial charge in [-0.25, -0.2) is 4.68 Å². The van der Waals surface area contributed by atoms with Crippen molar-refractivity contribution in [3.05, 3.63) is 60.3 Å². The van der Waals surface area contributed by atoms with Crippen molar-refractivity contribution in [2.24, 2.45) is 7.05 Å². The number of nitrogens with zero attached hydrogens (tertiary/aromatic N) is 5. The number of benzene rings is 2. The van der Waals surface area contributed by atoms with Crippen molar-refractivity contribution in [1.29, 1.82) is 0 Å². The van der Waals surface area contributed by atoms with Crippen LogP contribution in [0.25, 0.3) is 22.2 Å². The van der Waals surface area contributed by atoms with E-state index in [4.69, 9.17) is 5.10 Å². The number of carbonyl (C=O) groups excluding carboxylic acids is 2. The molecular weight excluding hydrogens is 452 g/mol. The van der Waals surface area contributed by atoms with E-state index in [1.807, 2.05) is 49.0 Å². The van der Waals surface area contributed by atoms with Crippen LogP contribution in [0.5, 0.6) is 0 Å². The number of aromatic nitrogens is 3. The van der Waals surface area contributed by atoms with E-state index < -0.39 is 0 Å². The fraction of sp³-hybridized carbons (Fsp3) is 0.321. The highest BCUT2D eigenvalue weighted by molar-refractivity contribution is 6.04. The van der Waals surface area contributed by atoms with Gasteiger partial charge in [-0.3, -0.25) is 14.5 Å². The van der Waals surface area contributed by atoms with Gasteiger partial charge in [0.2, 0.25) is 11.8 Å². The molecule has 4 aromatic rings. The number of amides is 2. The molecule has 5 rings (SSSR count). The van der Waals surface area contributed by atoms with E-state index in [1.165, 1.54) is 0 Å². The Bertz CT molecular complexity index is 1450.